The Bertz CT molecular complexity index is 2600. The Morgan fingerprint density at radius 2 is 0.473 bits per heavy atom. The van der Waals surface area contributed by atoms with Gasteiger partial charge in [-0.15, -0.1) is 0 Å². The van der Waals surface area contributed by atoms with Crippen LogP contribution in [0.3, 0.4) is 0 Å². The van der Waals surface area contributed by atoms with Crippen molar-refractivity contribution in [3.63, 3.8) is 0 Å². The first-order valence-corrected chi connectivity index (χ1v) is 19.4. The number of carboxylic acid groups (broad SMARTS) is 2. The molecule has 0 unspecified atom stereocenters. The van der Waals surface area contributed by atoms with Gasteiger partial charge in [-0.25, -0.2) is 19.9 Å². The van der Waals surface area contributed by atoms with Crippen molar-refractivity contribution in [3.05, 3.63) is 205 Å². The third-order valence-corrected chi connectivity index (χ3v) is 7.57. The van der Waals surface area contributed by atoms with Crippen molar-refractivity contribution in [1.29, 1.82) is 0 Å². The van der Waals surface area contributed by atoms with E-state index >= 15 is 0 Å². The molecule has 30 heteroatoms. The van der Waals surface area contributed by atoms with Gasteiger partial charge in [-0.05, 0) is 85.4 Å². The van der Waals surface area contributed by atoms with Crippen LogP contribution in [0.15, 0.2) is 121 Å². The molecule has 4 heterocycles. The Balaban J connectivity index is -0.000000384. The molecule has 0 fully saturated rings. The molecular formula is C44H42La2N8O20. The van der Waals surface area contributed by atoms with Crippen LogP contribution in [0.25, 0.3) is 43.6 Å². The Labute approximate surface area is 473 Å². The fourth-order valence-corrected chi connectivity index (χ4v) is 5.10. The van der Waals surface area contributed by atoms with Gasteiger partial charge in [0.05, 0.1) is 20.3 Å². The molecule has 0 atom stereocenters. The average molecular weight is 1280 g/mol. The number of pyridine rings is 4. The number of rotatable bonds is 0. The zero-order valence-electron chi connectivity index (χ0n) is 39.7. The van der Waals surface area contributed by atoms with Gasteiger partial charge in [0.2, 0.25) is 22.1 Å². The Kier molecular flexibility index (Phi) is 38.6. The number of aromatic amines is 4. The minimum atomic E-state index is -1.75. The monoisotopic (exact) mass is 1280 g/mol. The largest absolute Gasteiger partial charge is 3.00 e. The second-order valence-corrected chi connectivity index (χ2v) is 13.3. The number of aromatic nitrogens is 4. The standard InChI is InChI=1S/4C10H9NO.2C2H4O2.2La.4NO3/c4*1-7-5-6-8-3-2-4-9(12)10(8)11-7;2*1-2(3)4;;;4*2-1(3)4/h4*2-6,12H,1H3;2*1H3,(H,3,4);;;;;;/q;;;;;;2*+3;4*-1/p-2. The summed E-state index contributed by atoms with van der Waals surface area (Å²) in [6.07, 6.45) is 0. The van der Waals surface area contributed by atoms with Crippen LogP contribution < -0.4 is 50.6 Å². The fraction of sp³-hybridized carbons (Fsp3) is 0.136. The molecule has 4 aromatic heterocycles. The van der Waals surface area contributed by atoms with Gasteiger partial charge >= 0.3 is 71.2 Å². The molecule has 0 radical (unpaired) electrons. The van der Waals surface area contributed by atoms with Gasteiger partial charge in [0.25, 0.3) is 0 Å². The quantitative estimate of drug-likeness (QED) is 0.149. The molecule has 0 aliphatic carbocycles. The van der Waals surface area contributed by atoms with Crippen LogP contribution in [0.1, 0.15) is 36.6 Å². The smallest absolute Gasteiger partial charge is 0.868 e. The van der Waals surface area contributed by atoms with Gasteiger partial charge < -0.3 is 102 Å². The molecule has 74 heavy (non-hydrogen) atoms. The zero-order valence-corrected chi connectivity index (χ0v) is 46.9. The van der Waals surface area contributed by atoms with Crippen LogP contribution in [-0.2, 0) is 9.59 Å². The molecule has 0 amide bonds. The van der Waals surface area contributed by atoms with Gasteiger partial charge in [-0.3, -0.25) is 0 Å². The van der Waals surface area contributed by atoms with Gasteiger partial charge in [-0.1, -0.05) is 48.5 Å². The van der Waals surface area contributed by atoms with Crippen LogP contribution in [0.4, 0.5) is 0 Å². The van der Waals surface area contributed by atoms with E-state index < -0.39 is 32.3 Å². The second kappa shape index (κ2) is 39.5. The number of aliphatic carboxylic acids is 2. The maximum Gasteiger partial charge on any atom is 3.00 e. The molecule has 0 aliphatic heterocycles. The third kappa shape index (κ3) is 35.9. The number of carbonyl (C=O) groups is 2. The maximum absolute atomic E-state index is 11.3. The SMILES string of the molecule is CC(=O)[O-].CC(=O)[O-].Cc1ccc2cccc([O-])c2[nH+]1.Cc1ccc2cccc([O-])c2[nH+]1.Cc1ccc2cccc([O-])c2[nH+]1.Cc1ccc2cccc([O-])c2[nH+]1.O=[N+]([O-])[O-].O=[N+]([O-])[O-].O=[N+]([O-])[O-].O=[N+]([O-])[O-].[La+3].[La+3]. The average Bonchev–Trinajstić information content (AvgIpc) is 3.25. The molecule has 8 rings (SSSR count). The zero-order chi connectivity index (χ0) is 55.7. The van der Waals surface area contributed by atoms with Crippen LogP contribution in [0.2, 0.25) is 0 Å². The first-order valence-electron chi connectivity index (χ1n) is 19.4. The Morgan fingerprint density at radius 3 is 0.608 bits per heavy atom. The van der Waals surface area contributed by atoms with E-state index in [2.05, 4.69) is 19.9 Å². The number of H-pyrrole nitrogens is 4. The van der Waals surface area contributed by atoms with Gasteiger partial charge in [0, 0.05) is 85.4 Å². The third-order valence-electron chi connectivity index (χ3n) is 7.57. The van der Waals surface area contributed by atoms with Gasteiger partial charge in [0.15, 0.2) is 22.8 Å². The maximum atomic E-state index is 11.3. The van der Waals surface area contributed by atoms with E-state index in [4.69, 9.17) is 81.1 Å². The fourth-order valence-electron chi connectivity index (χ4n) is 5.10. The summed E-state index contributed by atoms with van der Waals surface area (Å²) >= 11 is 0. The Morgan fingerprint density at radius 1 is 0.338 bits per heavy atom. The van der Waals surface area contributed by atoms with Crippen LogP contribution in [0, 0.1) is 160 Å². The molecule has 28 nitrogen and oxygen atoms in total. The summed E-state index contributed by atoms with van der Waals surface area (Å²) in [5.74, 6) is -1.96. The van der Waals surface area contributed by atoms with E-state index in [-0.39, 0.29) is 94.2 Å². The summed E-state index contributed by atoms with van der Waals surface area (Å²) in [6.45, 7) is 9.69. The normalized spacial score (nSPS) is 8.73. The summed E-state index contributed by atoms with van der Waals surface area (Å²) in [5, 5.41) is 126. The molecule has 0 saturated heterocycles. The van der Waals surface area contributed by atoms with E-state index in [1.54, 1.807) is 48.5 Å². The van der Waals surface area contributed by atoms with E-state index in [1.165, 1.54) is 0 Å². The number of nitrogens with zero attached hydrogens (tertiary/aromatic N) is 4. The number of carbonyl (C=O) groups excluding carboxylic acids is 2. The van der Waals surface area contributed by atoms with E-state index in [9.17, 15) is 20.4 Å². The number of para-hydroxylation sites is 4. The first-order chi connectivity index (χ1) is 33.5. The van der Waals surface area contributed by atoms with Crippen LogP contribution in [0.5, 0.6) is 23.0 Å². The predicted molar refractivity (Wildman–Crippen MR) is 242 cm³/mol. The number of nitrogens with one attached hydrogen (secondary N) is 4. The molecule has 8 aromatic rings. The summed E-state index contributed by atoms with van der Waals surface area (Å²) < 4.78 is 0. The molecular weight excluding hydrogens is 1240 g/mol. The Hall–Kier alpha value is -8.15. The molecule has 0 spiro atoms. The minimum Gasteiger partial charge on any atom is -0.868 e. The second-order valence-electron chi connectivity index (χ2n) is 13.3. The van der Waals surface area contributed by atoms with Crippen molar-refractivity contribution < 1.29 is 152 Å². The summed E-state index contributed by atoms with van der Waals surface area (Å²) in [7, 11) is 0. The van der Waals surface area contributed by atoms with Crippen molar-refractivity contribution in [3.8, 4) is 23.0 Å². The van der Waals surface area contributed by atoms with E-state index in [0.717, 1.165) is 58.2 Å². The number of hydrogen-bond acceptors (Lipinski definition) is 20. The van der Waals surface area contributed by atoms with Crippen molar-refractivity contribution >= 4 is 55.6 Å². The van der Waals surface area contributed by atoms with E-state index in [1.807, 2.05) is 100 Å². The van der Waals surface area contributed by atoms with Crippen LogP contribution in [-0.4, -0.2) is 32.3 Å². The summed E-state index contributed by atoms with van der Waals surface area (Å²) in [5.41, 5.74) is 6.79. The number of hydrogen-bond donors (Lipinski definition) is 0. The summed E-state index contributed by atoms with van der Waals surface area (Å²) in [4.78, 5) is 63.0. The van der Waals surface area contributed by atoms with Crippen LogP contribution >= 0.6 is 0 Å². The number of fused-ring (bicyclic) bond motifs is 4. The van der Waals surface area contributed by atoms with Crippen molar-refractivity contribution in [2.45, 2.75) is 41.5 Å². The van der Waals surface area contributed by atoms with Crippen molar-refractivity contribution in [2.24, 2.45) is 0 Å². The van der Waals surface area contributed by atoms with Crippen molar-refractivity contribution in [1.82, 2.24) is 0 Å². The molecule has 0 aliphatic rings. The topological polar surface area (TPSA) is 494 Å². The number of carboxylic acids is 2. The molecule has 0 bridgehead atoms. The molecule has 0 saturated carbocycles. The minimum absolute atomic E-state index is 0. The van der Waals surface area contributed by atoms with E-state index in [0.29, 0.717) is 22.1 Å². The molecule has 384 valence electrons. The van der Waals surface area contributed by atoms with Gasteiger partial charge in [-0.2, -0.15) is 0 Å². The number of aryl methyl sites for hydroxylation is 4. The van der Waals surface area contributed by atoms with Gasteiger partial charge in [0.1, 0.15) is 0 Å². The molecule has 4 N–H and O–H groups in total. The summed E-state index contributed by atoms with van der Waals surface area (Å²) in [6, 6.07) is 36.7. The predicted octanol–water partition coefficient (Wildman–Crippen LogP) is 0.700. The van der Waals surface area contributed by atoms with Crippen molar-refractivity contribution in [2.75, 3.05) is 0 Å². The number of benzene rings is 4. The first kappa shape index (κ1) is 72.4. The molecule has 4 aromatic carbocycles.